The molecule has 8 aromatic carbocycles. The first kappa shape index (κ1) is 33.0. The highest BCUT2D eigenvalue weighted by molar-refractivity contribution is 8.28. The fraction of sp³-hybridized carbons (Fsp3) is 0.0204. The van der Waals surface area contributed by atoms with E-state index >= 15 is 0 Å². The van der Waals surface area contributed by atoms with Crippen LogP contribution in [0.25, 0.3) is 0 Å². The summed E-state index contributed by atoms with van der Waals surface area (Å²) < 4.78 is 7.21. The quantitative estimate of drug-likeness (QED) is 0.166. The molecule has 4 nitrogen and oxygen atoms in total. The van der Waals surface area contributed by atoms with Crippen LogP contribution in [-0.2, 0) is 0 Å². The average molecular weight is 766 g/mol. The SMILES string of the molecule is Cc1c2c(cc3c1N(c1ccccc1)c1cccc4c1B3Sc1ccccc1N4c1ccccc1)B1Sc3ccccc3N(c3ccccc3)c3cccc(c31)O2. The van der Waals surface area contributed by atoms with Crippen LogP contribution in [0.5, 0.6) is 11.5 Å². The number of anilines is 9. The van der Waals surface area contributed by atoms with Crippen LogP contribution in [0, 0.1) is 6.92 Å². The molecule has 12 rings (SSSR count). The van der Waals surface area contributed by atoms with Crippen LogP contribution in [0.4, 0.5) is 51.2 Å². The molecule has 57 heavy (non-hydrogen) atoms. The fourth-order valence-electron chi connectivity index (χ4n) is 9.29. The Morgan fingerprint density at radius 1 is 0.421 bits per heavy atom. The van der Waals surface area contributed by atoms with Gasteiger partial charge in [-0.25, -0.2) is 0 Å². The molecule has 0 aliphatic carbocycles. The van der Waals surface area contributed by atoms with Crippen LogP contribution in [0.2, 0.25) is 0 Å². The predicted octanol–water partition coefficient (Wildman–Crippen LogP) is 11.2. The Kier molecular flexibility index (Phi) is 7.47. The summed E-state index contributed by atoms with van der Waals surface area (Å²) in [6.45, 7) is 2.27. The van der Waals surface area contributed by atoms with Gasteiger partial charge in [0.25, 0.3) is 12.0 Å². The third kappa shape index (κ3) is 4.94. The van der Waals surface area contributed by atoms with Crippen LogP contribution in [0.3, 0.4) is 0 Å². The molecule has 8 aromatic rings. The summed E-state index contributed by atoms with van der Waals surface area (Å²) in [5.74, 6) is 1.89. The van der Waals surface area contributed by atoms with Crippen molar-refractivity contribution in [2.45, 2.75) is 16.7 Å². The maximum Gasteiger partial charge on any atom is 0.291 e. The zero-order valence-corrected chi connectivity index (χ0v) is 32.7. The van der Waals surface area contributed by atoms with Crippen molar-refractivity contribution in [2.24, 2.45) is 0 Å². The Hall–Kier alpha value is -6.21. The van der Waals surface area contributed by atoms with Gasteiger partial charge in [-0.2, -0.15) is 23.2 Å². The molecule has 4 aliphatic heterocycles. The average Bonchev–Trinajstić information content (AvgIpc) is 3.51. The van der Waals surface area contributed by atoms with Crippen LogP contribution >= 0.6 is 23.2 Å². The molecule has 8 heteroatoms. The van der Waals surface area contributed by atoms with Gasteiger partial charge in [-0.1, -0.05) is 97.1 Å². The van der Waals surface area contributed by atoms with Gasteiger partial charge in [0.2, 0.25) is 0 Å². The second-order valence-electron chi connectivity index (χ2n) is 14.8. The summed E-state index contributed by atoms with van der Waals surface area (Å²) in [6, 6.07) is 66.0. The number of para-hydroxylation sites is 5. The lowest BCUT2D eigenvalue weighted by atomic mass is 9.52. The van der Waals surface area contributed by atoms with Crippen molar-refractivity contribution in [3.8, 4) is 11.5 Å². The second-order valence-corrected chi connectivity index (χ2v) is 17.1. The molecule has 0 saturated carbocycles. The maximum atomic E-state index is 7.21. The Labute approximate surface area is 341 Å². The van der Waals surface area contributed by atoms with Gasteiger partial charge in [0.15, 0.2) is 0 Å². The van der Waals surface area contributed by atoms with Gasteiger partial charge in [0, 0.05) is 60.6 Å². The summed E-state index contributed by atoms with van der Waals surface area (Å²) in [4.78, 5) is 9.86. The molecule has 4 heterocycles. The normalized spacial score (nSPS) is 14.2. The van der Waals surface area contributed by atoms with E-state index in [1.807, 2.05) is 23.2 Å². The smallest absolute Gasteiger partial charge is 0.291 e. The van der Waals surface area contributed by atoms with Crippen molar-refractivity contribution in [2.75, 3.05) is 14.7 Å². The lowest BCUT2D eigenvalue weighted by Crippen LogP contribution is -2.53. The van der Waals surface area contributed by atoms with Crippen LogP contribution in [0.1, 0.15) is 5.56 Å². The van der Waals surface area contributed by atoms with Crippen molar-refractivity contribution in [3.05, 3.63) is 188 Å². The number of hydrogen-bond donors (Lipinski definition) is 0. The summed E-state index contributed by atoms with van der Waals surface area (Å²) in [5.41, 5.74) is 16.7. The number of rotatable bonds is 3. The first-order valence-corrected chi connectivity index (χ1v) is 21.2. The van der Waals surface area contributed by atoms with E-state index in [0.717, 1.165) is 39.8 Å². The molecule has 4 aliphatic rings. The summed E-state index contributed by atoms with van der Waals surface area (Å²) in [5, 5.41) is 0. The Morgan fingerprint density at radius 3 is 1.44 bits per heavy atom. The molecule has 0 unspecified atom stereocenters. The zero-order chi connectivity index (χ0) is 37.6. The molecule has 0 aromatic heterocycles. The van der Waals surface area contributed by atoms with Gasteiger partial charge >= 0.3 is 0 Å². The third-order valence-corrected chi connectivity index (χ3v) is 14.3. The molecule has 0 saturated heterocycles. The maximum absolute atomic E-state index is 7.21. The first-order valence-electron chi connectivity index (χ1n) is 19.4. The minimum atomic E-state index is 0.00418. The third-order valence-electron chi connectivity index (χ3n) is 11.6. The van der Waals surface area contributed by atoms with E-state index in [9.17, 15) is 0 Å². The lowest BCUT2D eigenvalue weighted by Gasteiger charge is -2.40. The molecule has 268 valence electrons. The van der Waals surface area contributed by atoms with E-state index in [1.54, 1.807) is 0 Å². The molecule has 0 amide bonds. The molecule has 0 fully saturated rings. The Bertz CT molecular complexity index is 2890. The molecule has 0 bridgehead atoms. The van der Waals surface area contributed by atoms with Gasteiger partial charge in [-0.05, 0) is 108 Å². The van der Waals surface area contributed by atoms with Gasteiger partial charge in [0.05, 0.1) is 11.4 Å². The van der Waals surface area contributed by atoms with Crippen molar-refractivity contribution in [1.29, 1.82) is 0 Å². The summed E-state index contributed by atoms with van der Waals surface area (Å²) in [7, 11) is 0. The first-order chi connectivity index (χ1) is 28.2. The lowest BCUT2D eigenvalue weighted by molar-refractivity contribution is 0.484. The van der Waals surface area contributed by atoms with E-state index < -0.39 is 0 Å². The largest absolute Gasteiger partial charge is 0.458 e. The Morgan fingerprint density at radius 2 is 0.860 bits per heavy atom. The van der Waals surface area contributed by atoms with Gasteiger partial charge in [-0.3, -0.25) is 0 Å². The van der Waals surface area contributed by atoms with Crippen molar-refractivity contribution in [1.82, 2.24) is 0 Å². The van der Waals surface area contributed by atoms with Crippen molar-refractivity contribution in [3.63, 3.8) is 0 Å². The van der Waals surface area contributed by atoms with E-state index in [1.165, 1.54) is 60.1 Å². The van der Waals surface area contributed by atoms with Crippen LogP contribution < -0.4 is 41.3 Å². The standard InChI is InChI=1S/C49H33B2N3OS2/c1-32-48-36(31-37-49(32)55-43-28-16-27-42-47(43)51(37)57-45-30-14-12-24-39(45)53(42)34-19-7-3-8-20-34)50-46-40(25-15-26-41(46)54(48)35-21-9-4-10-22-35)52(33-17-5-2-6-18-33)38-23-11-13-29-44(38)56-50/h2-31H,1H3. The molecule has 0 atom stereocenters. The second kappa shape index (κ2) is 12.9. The number of nitrogens with zero attached hydrogens (tertiary/aromatic N) is 3. The van der Waals surface area contributed by atoms with Crippen molar-refractivity contribution >= 4 is 108 Å². The minimum Gasteiger partial charge on any atom is -0.458 e. The number of ether oxygens (including phenoxy) is 1. The minimum absolute atomic E-state index is 0.00418. The van der Waals surface area contributed by atoms with E-state index in [0.29, 0.717) is 0 Å². The molecular weight excluding hydrogens is 732 g/mol. The van der Waals surface area contributed by atoms with Crippen LogP contribution in [0.15, 0.2) is 192 Å². The Balaban J connectivity index is 1.14. The summed E-state index contributed by atoms with van der Waals surface area (Å²) in [6.07, 6.45) is 0. The number of hydrogen-bond acceptors (Lipinski definition) is 6. The number of benzene rings is 8. The number of fused-ring (bicyclic) bond motifs is 6. The van der Waals surface area contributed by atoms with Gasteiger partial charge in [-0.15, -0.1) is 0 Å². The van der Waals surface area contributed by atoms with Crippen LogP contribution in [-0.4, -0.2) is 12.0 Å². The van der Waals surface area contributed by atoms with Crippen molar-refractivity contribution < 1.29 is 4.74 Å². The van der Waals surface area contributed by atoms with Gasteiger partial charge < -0.3 is 19.4 Å². The van der Waals surface area contributed by atoms with E-state index in [-0.39, 0.29) is 12.0 Å². The highest BCUT2D eigenvalue weighted by atomic mass is 32.2. The summed E-state index contributed by atoms with van der Waals surface area (Å²) >= 11 is 3.90. The molecule has 0 spiro atoms. The highest BCUT2D eigenvalue weighted by Gasteiger charge is 2.46. The fourth-order valence-corrected chi connectivity index (χ4v) is 12.0. The zero-order valence-electron chi connectivity index (χ0n) is 31.0. The predicted molar refractivity (Wildman–Crippen MR) is 244 cm³/mol. The topological polar surface area (TPSA) is 19.0 Å². The van der Waals surface area contributed by atoms with E-state index in [4.69, 9.17) is 4.74 Å². The monoisotopic (exact) mass is 765 g/mol. The molecule has 0 N–H and O–H groups in total. The van der Waals surface area contributed by atoms with E-state index in [2.05, 4.69) is 204 Å². The highest BCUT2D eigenvalue weighted by Crippen LogP contribution is 2.52. The molecule has 0 radical (unpaired) electrons. The van der Waals surface area contributed by atoms with Gasteiger partial charge in [0.1, 0.15) is 11.5 Å². The molecular formula is C49H33B2N3OS2.